The van der Waals surface area contributed by atoms with Gasteiger partial charge < -0.3 is 15.7 Å². The molecule has 1 saturated carbocycles. The van der Waals surface area contributed by atoms with Crippen LogP contribution in [0.1, 0.15) is 38.5 Å². The fourth-order valence-electron chi connectivity index (χ4n) is 2.56. The van der Waals surface area contributed by atoms with E-state index in [4.69, 9.17) is 5.11 Å². The smallest absolute Gasteiger partial charge is 0.311 e. The summed E-state index contributed by atoms with van der Waals surface area (Å²) in [6.45, 7) is 1.27. The monoisotopic (exact) mass is 240 g/mol. The molecular formula is C12H20N2O3. The van der Waals surface area contributed by atoms with Crippen molar-refractivity contribution in [3.63, 3.8) is 0 Å². The molecule has 1 saturated heterocycles. The molecule has 0 spiro atoms. The third kappa shape index (κ3) is 2.77. The Balaban J connectivity index is 1.73. The number of amides is 1. The molecule has 0 aromatic rings. The zero-order valence-corrected chi connectivity index (χ0v) is 10.00. The van der Waals surface area contributed by atoms with E-state index in [9.17, 15) is 9.59 Å². The van der Waals surface area contributed by atoms with Crippen LogP contribution in [0.25, 0.3) is 0 Å². The summed E-state index contributed by atoms with van der Waals surface area (Å²) in [6.07, 6.45) is 4.95. The molecule has 2 fully saturated rings. The van der Waals surface area contributed by atoms with Crippen molar-refractivity contribution >= 4 is 11.9 Å². The van der Waals surface area contributed by atoms with Crippen LogP contribution in [0.4, 0.5) is 0 Å². The number of hydrogen-bond acceptors (Lipinski definition) is 3. The van der Waals surface area contributed by atoms with Gasteiger partial charge in [0.05, 0.1) is 5.41 Å². The van der Waals surface area contributed by atoms with Gasteiger partial charge in [0.25, 0.3) is 0 Å². The lowest BCUT2D eigenvalue weighted by atomic mass is 9.69. The maximum absolute atomic E-state index is 11.7. The van der Waals surface area contributed by atoms with Crippen molar-refractivity contribution in [2.75, 3.05) is 13.1 Å². The van der Waals surface area contributed by atoms with Crippen molar-refractivity contribution in [2.45, 2.75) is 44.6 Å². The van der Waals surface area contributed by atoms with Gasteiger partial charge in [0.15, 0.2) is 0 Å². The summed E-state index contributed by atoms with van der Waals surface area (Å²) in [4.78, 5) is 22.8. The van der Waals surface area contributed by atoms with Crippen LogP contribution >= 0.6 is 0 Å². The lowest BCUT2D eigenvalue weighted by Gasteiger charge is -2.37. The largest absolute Gasteiger partial charge is 0.481 e. The van der Waals surface area contributed by atoms with E-state index in [2.05, 4.69) is 10.6 Å². The number of carboxylic acid groups (broad SMARTS) is 1. The summed E-state index contributed by atoms with van der Waals surface area (Å²) < 4.78 is 0. The summed E-state index contributed by atoms with van der Waals surface area (Å²) >= 11 is 0. The topological polar surface area (TPSA) is 78.4 Å². The van der Waals surface area contributed by atoms with Crippen molar-refractivity contribution < 1.29 is 14.7 Å². The molecule has 17 heavy (non-hydrogen) atoms. The zero-order valence-electron chi connectivity index (χ0n) is 10.00. The lowest BCUT2D eigenvalue weighted by molar-refractivity contribution is -0.154. The van der Waals surface area contributed by atoms with Crippen molar-refractivity contribution in [1.29, 1.82) is 0 Å². The molecule has 3 N–H and O–H groups in total. The molecule has 1 atom stereocenters. The summed E-state index contributed by atoms with van der Waals surface area (Å²) in [7, 11) is 0. The van der Waals surface area contributed by atoms with Crippen LogP contribution in [0.2, 0.25) is 0 Å². The first kappa shape index (κ1) is 12.4. The molecule has 0 radical (unpaired) electrons. The van der Waals surface area contributed by atoms with Gasteiger partial charge >= 0.3 is 5.97 Å². The Morgan fingerprint density at radius 3 is 2.59 bits per heavy atom. The van der Waals surface area contributed by atoms with Crippen LogP contribution in [0.3, 0.4) is 0 Å². The summed E-state index contributed by atoms with van der Waals surface area (Å²) in [6, 6.07) is 0.275. The molecular weight excluding hydrogens is 220 g/mol. The molecule has 1 amide bonds. The van der Waals surface area contributed by atoms with E-state index in [1.807, 2.05) is 0 Å². The van der Waals surface area contributed by atoms with Crippen molar-refractivity contribution in [2.24, 2.45) is 5.41 Å². The van der Waals surface area contributed by atoms with Gasteiger partial charge in [-0.3, -0.25) is 9.59 Å². The highest BCUT2D eigenvalue weighted by Gasteiger charge is 2.44. The lowest BCUT2D eigenvalue weighted by Crippen LogP contribution is -2.48. The first-order valence-corrected chi connectivity index (χ1v) is 6.36. The molecule has 5 nitrogen and oxygen atoms in total. The van der Waals surface area contributed by atoms with Crippen LogP contribution in [-0.2, 0) is 9.59 Å². The minimum Gasteiger partial charge on any atom is -0.481 e. The van der Waals surface area contributed by atoms with E-state index < -0.39 is 11.4 Å². The van der Waals surface area contributed by atoms with Crippen LogP contribution < -0.4 is 10.6 Å². The fourth-order valence-corrected chi connectivity index (χ4v) is 2.56. The Hall–Kier alpha value is -1.10. The third-order valence-corrected chi connectivity index (χ3v) is 3.98. The molecule has 1 unspecified atom stereocenters. The average molecular weight is 240 g/mol. The van der Waals surface area contributed by atoms with E-state index in [0.717, 1.165) is 25.8 Å². The standard InChI is InChI=1S/C12H20N2O3/c15-10(7-9-3-1-6-13-9)14-8-12(11(16)17)4-2-5-12/h9,13H,1-8H2,(H,14,15)(H,16,17). The Kier molecular flexibility index (Phi) is 3.66. The summed E-state index contributed by atoms with van der Waals surface area (Å²) in [5.41, 5.74) is -0.682. The molecule has 2 aliphatic rings. The Morgan fingerprint density at radius 2 is 2.12 bits per heavy atom. The van der Waals surface area contributed by atoms with E-state index in [-0.39, 0.29) is 18.5 Å². The molecule has 2 rings (SSSR count). The highest BCUT2D eigenvalue weighted by Crippen LogP contribution is 2.40. The predicted octanol–water partition coefficient (Wildman–Crippen LogP) is 0.500. The third-order valence-electron chi connectivity index (χ3n) is 3.98. The van der Waals surface area contributed by atoms with Gasteiger partial charge in [-0.2, -0.15) is 0 Å². The number of nitrogens with one attached hydrogen (secondary N) is 2. The van der Waals surface area contributed by atoms with Gasteiger partial charge in [-0.05, 0) is 32.2 Å². The molecule has 1 aliphatic carbocycles. The molecule has 0 aromatic carbocycles. The highest BCUT2D eigenvalue weighted by atomic mass is 16.4. The first-order valence-electron chi connectivity index (χ1n) is 6.36. The zero-order chi connectivity index (χ0) is 12.3. The van der Waals surface area contributed by atoms with E-state index >= 15 is 0 Å². The molecule has 5 heteroatoms. The van der Waals surface area contributed by atoms with Crippen LogP contribution in [-0.4, -0.2) is 36.1 Å². The molecule has 0 aromatic heterocycles. The Morgan fingerprint density at radius 1 is 1.35 bits per heavy atom. The van der Waals surface area contributed by atoms with Gasteiger partial charge in [0, 0.05) is 19.0 Å². The fraction of sp³-hybridized carbons (Fsp3) is 0.833. The van der Waals surface area contributed by atoms with Crippen LogP contribution in [0.15, 0.2) is 0 Å². The summed E-state index contributed by atoms with van der Waals surface area (Å²) in [5.74, 6) is -0.806. The highest BCUT2D eigenvalue weighted by molar-refractivity contribution is 5.80. The minimum absolute atomic E-state index is 0.0306. The SMILES string of the molecule is O=C(CC1CCCN1)NCC1(C(=O)O)CCC1. The second-order valence-electron chi connectivity index (χ2n) is 5.21. The van der Waals surface area contributed by atoms with Gasteiger partial charge in [-0.15, -0.1) is 0 Å². The number of rotatable bonds is 5. The van der Waals surface area contributed by atoms with E-state index in [0.29, 0.717) is 19.3 Å². The molecule has 1 aliphatic heterocycles. The first-order chi connectivity index (χ1) is 8.12. The van der Waals surface area contributed by atoms with E-state index in [1.165, 1.54) is 0 Å². The normalized spacial score (nSPS) is 26.2. The number of hydrogen-bond donors (Lipinski definition) is 3. The Bertz CT molecular complexity index is 307. The van der Waals surface area contributed by atoms with Crippen molar-refractivity contribution in [1.82, 2.24) is 10.6 Å². The molecule has 1 heterocycles. The second kappa shape index (κ2) is 5.04. The van der Waals surface area contributed by atoms with Gasteiger partial charge in [-0.1, -0.05) is 6.42 Å². The number of carbonyl (C=O) groups excluding carboxylic acids is 1. The minimum atomic E-state index is -0.775. The second-order valence-corrected chi connectivity index (χ2v) is 5.21. The van der Waals surface area contributed by atoms with Crippen molar-refractivity contribution in [3.8, 4) is 0 Å². The average Bonchev–Trinajstić information content (AvgIpc) is 2.68. The number of carboxylic acids is 1. The molecule has 0 bridgehead atoms. The van der Waals surface area contributed by atoms with Gasteiger partial charge in [-0.25, -0.2) is 0 Å². The van der Waals surface area contributed by atoms with Crippen LogP contribution in [0, 0.1) is 5.41 Å². The van der Waals surface area contributed by atoms with Gasteiger partial charge in [0.2, 0.25) is 5.91 Å². The van der Waals surface area contributed by atoms with E-state index in [1.54, 1.807) is 0 Å². The Labute approximate surface area is 101 Å². The van der Waals surface area contributed by atoms with Crippen molar-refractivity contribution in [3.05, 3.63) is 0 Å². The number of carbonyl (C=O) groups is 2. The quantitative estimate of drug-likeness (QED) is 0.654. The van der Waals surface area contributed by atoms with Crippen LogP contribution in [0.5, 0.6) is 0 Å². The summed E-state index contributed by atoms with van der Waals surface area (Å²) in [5, 5.41) is 15.1. The van der Waals surface area contributed by atoms with Gasteiger partial charge in [0.1, 0.15) is 0 Å². The maximum Gasteiger partial charge on any atom is 0.311 e. The predicted molar refractivity (Wildman–Crippen MR) is 62.6 cm³/mol. The maximum atomic E-state index is 11.7. The molecule has 96 valence electrons. The number of aliphatic carboxylic acids is 1.